The maximum atomic E-state index is 13.8. The van der Waals surface area contributed by atoms with Gasteiger partial charge in [0.1, 0.15) is 5.82 Å². The molecule has 8 rings (SSSR count). The van der Waals surface area contributed by atoms with E-state index in [4.69, 9.17) is 19.6 Å². The minimum atomic E-state index is -3.34. The summed E-state index contributed by atoms with van der Waals surface area (Å²) < 4.78 is 44.5. The van der Waals surface area contributed by atoms with E-state index >= 15 is 0 Å². The van der Waals surface area contributed by atoms with Crippen LogP contribution in [0.5, 0.6) is 11.8 Å². The molecule has 12 heteroatoms. The summed E-state index contributed by atoms with van der Waals surface area (Å²) in [6.07, 6.45) is 4.27. The van der Waals surface area contributed by atoms with Crippen LogP contribution in [0.2, 0.25) is 5.04 Å². The number of aryl methyl sites for hydroxylation is 2. The van der Waals surface area contributed by atoms with Gasteiger partial charge in [-0.3, -0.25) is 4.68 Å². The van der Waals surface area contributed by atoms with Crippen molar-refractivity contribution in [2.45, 2.75) is 58.4 Å². The number of aromatic nitrogens is 6. The van der Waals surface area contributed by atoms with Crippen molar-refractivity contribution in [3.05, 3.63) is 126 Å². The molecule has 0 bridgehead atoms. The van der Waals surface area contributed by atoms with Crippen molar-refractivity contribution < 1.29 is 23.1 Å². The Morgan fingerprint density at radius 3 is 2.33 bits per heavy atom. The molecule has 3 aromatic carbocycles. The van der Waals surface area contributed by atoms with Gasteiger partial charge in [-0.25, -0.2) is 9.67 Å². The van der Waals surface area contributed by atoms with E-state index in [2.05, 4.69) is 54.7 Å². The second kappa shape index (κ2) is 13.7. The first-order chi connectivity index (χ1) is 26.0. The third-order valence-corrected chi connectivity index (χ3v) is 15.0. The fourth-order valence-corrected chi connectivity index (χ4v) is 11.6. The number of pyridine rings is 1. The van der Waals surface area contributed by atoms with Gasteiger partial charge < -0.3 is 18.8 Å². The Balaban J connectivity index is 1.33. The lowest BCUT2D eigenvalue weighted by Gasteiger charge is -2.41. The van der Waals surface area contributed by atoms with E-state index in [0.717, 1.165) is 27.1 Å². The molecule has 3 aliphatic heterocycles. The maximum Gasteiger partial charge on any atom is 0.388 e. The van der Waals surface area contributed by atoms with Gasteiger partial charge in [0.15, 0.2) is 0 Å². The molecule has 0 saturated heterocycles. The quantitative estimate of drug-likeness (QED) is 0.155. The van der Waals surface area contributed by atoms with E-state index in [9.17, 15) is 13.6 Å². The molecule has 5 aromatic rings. The molecule has 276 valence electrons. The smallest absolute Gasteiger partial charge is 0.388 e. The fraction of sp³-hybridized carbons (Fsp3) is 0.262. The van der Waals surface area contributed by atoms with Crippen LogP contribution in [0.25, 0.3) is 33.8 Å². The first-order valence-electron chi connectivity index (χ1n) is 18.1. The van der Waals surface area contributed by atoms with Crippen LogP contribution in [-0.2, 0) is 13.6 Å². The summed E-state index contributed by atoms with van der Waals surface area (Å²) in [5.74, 6) is 0.998. The number of rotatable bonds is 9. The van der Waals surface area contributed by atoms with Crippen molar-refractivity contribution in [1.29, 1.82) is 0 Å². The average molecular weight is 745 g/mol. The molecule has 9 nitrogen and oxygen atoms in total. The van der Waals surface area contributed by atoms with Crippen molar-refractivity contribution >= 4 is 18.7 Å². The largest absolute Gasteiger partial charge is 0.477 e. The number of alkyl halides is 2. The highest BCUT2D eigenvalue weighted by atomic mass is 28.4. The van der Waals surface area contributed by atoms with Gasteiger partial charge in [0.2, 0.25) is 11.8 Å². The SMILES string of the molecule is Cc1nn2c(c1-c1nc3n(Cc4ccccc4)cccc-3c1-c1cn(C)nc1OC(F)F)OCCC2c1ccccc1[Si](O)(c1ccccc1)C(C)(C)C. The van der Waals surface area contributed by atoms with Crippen LogP contribution in [0, 0.1) is 6.92 Å². The van der Waals surface area contributed by atoms with Crippen molar-refractivity contribution in [3.63, 3.8) is 0 Å². The molecule has 0 fully saturated rings. The van der Waals surface area contributed by atoms with Crippen LogP contribution in [-0.4, -0.2) is 55.4 Å². The van der Waals surface area contributed by atoms with Gasteiger partial charge >= 0.3 is 6.61 Å². The molecule has 2 atom stereocenters. The van der Waals surface area contributed by atoms with Crippen molar-refractivity contribution in [1.82, 2.24) is 29.1 Å². The molecule has 2 aromatic heterocycles. The summed E-state index contributed by atoms with van der Waals surface area (Å²) in [5, 5.41) is 10.8. The van der Waals surface area contributed by atoms with Crippen LogP contribution in [0.1, 0.15) is 50.1 Å². The van der Waals surface area contributed by atoms with Gasteiger partial charge in [0.25, 0.3) is 8.32 Å². The first-order valence-corrected chi connectivity index (χ1v) is 20.0. The highest BCUT2D eigenvalue weighted by Crippen LogP contribution is 2.50. The average Bonchev–Trinajstić information content (AvgIpc) is 3.82. The summed E-state index contributed by atoms with van der Waals surface area (Å²) in [6, 6.07) is 31.8. The van der Waals surface area contributed by atoms with E-state index in [1.165, 1.54) is 4.68 Å². The number of hydrogen-bond acceptors (Lipinski definition) is 6. The molecule has 1 N–H and O–H groups in total. The van der Waals surface area contributed by atoms with Crippen molar-refractivity contribution in [3.8, 4) is 45.5 Å². The van der Waals surface area contributed by atoms with Gasteiger partial charge in [-0.15, -0.1) is 5.10 Å². The van der Waals surface area contributed by atoms with Gasteiger partial charge in [-0.1, -0.05) is 106 Å². The molecular weight excluding hydrogens is 703 g/mol. The Morgan fingerprint density at radius 1 is 0.907 bits per heavy atom. The third kappa shape index (κ3) is 5.99. The van der Waals surface area contributed by atoms with Crippen LogP contribution in [0.15, 0.2) is 109 Å². The van der Waals surface area contributed by atoms with Crippen LogP contribution in [0.3, 0.4) is 0 Å². The number of hydrogen-bond donors (Lipinski definition) is 1. The summed E-state index contributed by atoms with van der Waals surface area (Å²) in [7, 11) is -1.66. The summed E-state index contributed by atoms with van der Waals surface area (Å²) in [5.41, 5.74) is 5.66. The van der Waals surface area contributed by atoms with E-state index in [0.29, 0.717) is 59.4 Å². The lowest BCUT2D eigenvalue weighted by atomic mass is 9.98. The summed E-state index contributed by atoms with van der Waals surface area (Å²) >= 11 is 0. The second-order valence-corrected chi connectivity index (χ2v) is 18.9. The van der Waals surface area contributed by atoms with Crippen molar-refractivity contribution in [2.24, 2.45) is 7.05 Å². The van der Waals surface area contributed by atoms with E-state index in [1.54, 1.807) is 13.2 Å². The predicted octanol–water partition coefficient (Wildman–Crippen LogP) is 7.43. The minimum Gasteiger partial charge on any atom is -0.477 e. The van der Waals surface area contributed by atoms with E-state index in [1.807, 2.05) is 90.6 Å². The topological polar surface area (TPSA) is 92.2 Å². The monoisotopic (exact) mass is 744 g/mol. The number of benzene rings is 3. The molecular formula is C42H42F2N6O3Si. The Hall–Kier alpha value is -5.59. The van der Waals surface area contributed by atoms with Gasteiger partial charge in [0.05, 0.1) is 35.2 Å². The Bertz CT molecular complexity index is 2400. The second-order valence-electron chi connectivity index (χ2n) is 14.9. The fourth-order valence-electron chi connectivity index (χ4n) is 7.94. The minimum absolute atomic E-state index is 0.194. The van der Waals surface area contributed by atoms with Gasteiger partial charge in [-0.2, -0.15) is 13.9 Å². The molecule has 0 radical (unpaired) electrons. The molecule has 0 saturated carbocycles. The first kappa shape index (κ1) is 35.4. The Kier molecular flexibility index (Phi) is 8.97. The Labute approximate surface area is 313 Å². The number of ether oxygens (including phenoxy) is 2. The van der Waals surface area contributed by atoms with Crippen LogP contribution < -0.4 is 19.8 Å². The molecule has 2 unspecified atom stereocenters. The predicted molar refractivity (Wildman–Crippen MR) is 207 cm³/mol. The van der Waals surface area contributed by atoms with Crippen LogP contribution in [0.4, 0.5) is 8.78 Å². The lowest BCUT2D eigenvalue weighted by Crippen LogP contribution is -2.65. The zero-order valence-corrected chi connectivity index (χ0v) is 31.9. The van der Waals surface area contributed by atoms with E-state index < -0.39 is 20.0 Å². The Morgan fingerprint density at radius 2 is 1.61 bits per heavy atom. The molecule has 0 aliphatic carbocycles. The lowest BCUT2D eigenvalue weighted by molar-refractivity contribution is -0.0527. The third-order valence-electron chi connectivity index (χ3n) is 10.4. The standard InChI is InChI=1S/C42H42F2N6O3Si/c1-27-35(40-50(46-27)33(22-24-52-40)30-19-12-13-21-34(30)54(51,42(2,3)4)29-17-10-7-11-18-29)37-36(32-26-48(5)47-39(32)53-41(43)44)31-20-14-23-49(38(31)45-37)25-28-15-8-6-9-16-28/h6-21,23,26,33,41,51H,22,24-25H2,1-5H3. The van der Waals surface area contributed by atoms with Gasteiger partial charge in [-0.05, 0) is 45.6 Å². The maximum absolute atomic E-state index is 13.8. The zero-order valence-electron chi connectivity index (χ0n) is 30.9. The molecule has 0 amide bonds. The normalized spacial score (nSPS) is 15.6. The molecule has 3 aliphatic rings. The molecule has 0 spiro atoms. The summed E-state index contributed by atoms with van der Waals surface area (Å²) in [6.45, 7) is 6.11. The van der Waals surface area contributed by atoms with Gasteiger partial charge in [0, 0.05) is 43.5 Å². The van der Waals surface area contributed by atoms with Crippen LogP contribution >= 0.6 is 0 Å². The highest BCUT2D eigenvalue weighted by molar-refractivity contribution is 6.98. The number of nitrogens with zero attached hydrogens (tertiary/aromatic N) is 6. The zero-order chi connectivity index (χ0) is 37.8. The number of halogens is 2. The van der Waals surface area contributed by atoms with E-state index in [-0.39, 0.29) is 11.9 Å². The molecule has 54 heavy (non-hydrogen) atoms. The number of fused-ring (bicyclic) bond motifs is 2. The van der Waals surface area contributed by atoms with Crippen molar-refractivity contribution in [2.75, 3.05) is 6.61 Å². The highest BCUT2D eigenvalue weighted by Gasteiger charge is 2.49. The summed E-state index contributed by atoms with van der Waals surface area (Å²) in [4.78, 5) is 18.2. The molecule has 5 heterocycles.